The number of carbonyl (C=O) groups excluding carboxylic acids is 3. The molecule has 8 nitrogen and oxygen atoms in total. The number of Topliss-reactive ketones (excluding diaryl/α,β-unsaturated/α-hetero) is 2. The molecule has 2 saturated carbocycles. The molecule has 7 atom stereocenters. The van der Waals surface area contributed by atoms with Crippen LogP contribution in [-0.4, -0.2) is 59.8 Å². The summed E-state index contributed by atoms with van der Waals surface area (Å²) in [6.07, 6.45) is 11.1. The number of piperidine rings is 1. The standard InChI is InChI=1S/C33H54N2O6/c1-5-6-7-8-16-40-31(39)33-30(38)28-24(17-21(2)3)10-9-11-26(28)29(37)32(33,41-33)19-25(20-36)22(4)12-13-23-14-15-35-27(34)18-23/h21,23-24,26-28,35-36H,5-20,34H2,1-4H3/p+1/t23?,24?,26?,27?,28?,32-,33-/m0/s1. The number of allylic oxidation sites excluding steroid dienone is 1. The van der Waals surface area contributed by atoms with E-state index in [4.69, 9.17) is 15.2 Å². The summed E-state index contributed by atoms with van der Waals surface area (Å²) in [5, 5.41) is 12.6. The van der Waals surface area contributed by atoms with Gasteiger partial charge >= 0.3 is 5.97 Å². The monoisotopic (exact) mass is 575 g/mol. The number of aliphatic hydroxyl groups is 1. The first-order valence-electron chi connectivity index (χ1n) is 16.4. The molecule has 0 aromatic heterocycles. The fourth-order valence-electron chi connectivity index (χ4n) is 8.09. The van der Waals surface area contributed by atoms with Gasteiger partial charge in [0.25, 0.3) is 5.60 Å². The highest BCUT2D eigenvalue weighted by Gasteiger charge is 2.87. The van der Waals surface area contributed by atoms with Crippen molar-refractivity contribution < 1.29 is 34.3 Å². The van der Waals surface area contributed by atoms with Gasteiger partial charge in [0.05, 0.1) is 19.8 Å². The number of ketones is 2. The van der Waals surface area contributed by atoms with Crippen molar-refractivity contribution in [2.24, 2.45) is 35.3 Å². The second-order valence-corrected chi connectivity index (χ2v) is 13.8. The third-order valence-corrected chi connectivity index (χ3v) is 10.4. The number of fused-ring (bicyclic) bond motifs is 2. The predicted octanol–water partition coefficient (Wildman–Crippen LogP) is 3.59. The minimum atomic E-state index is -1.88. The number of ether oxygens (including phenoxy) is 2. The van der Waals surface area contributed by atoms with E-state index in [1.54, 1.807) is 0 Å². The van der Waals surface area contributed by atoms with Crippen molar-refractivity contribution >= 4 is 17.5 Å². The van der Waals surface area contributed by atoms with E-state index in [1.165, 1.54) is 0 Å². The van der Waals surface area contributed by atoms with Crippen LogP contribution >= 0.6 is 0 Å². The number of hydrogen-bond donors (Lipinski definition) is 3. The Kier molecular flexibility index (Phi) is 10.9. The highest BCUT2D eigenvalue weighted by atomic mass is 16.7. The molecule has 2 saturated heterocycles. The Morgan fingerprint density at radius 2 is 1.95 bits per heavy atom. The van der Waals surface area contributed by atoms with Gasteiger partial charge in [-0.3, -0.25) is 15.3 Å². The molecule has 0 aromatic carbocycles. The third kappa shape index (κ3) is 6.51. The van der Waals surface area contributed by atoms with Crippen LogP contribution in [0.25, 0.3) is 0 Å². The van der Waals surface area contributed by atoms with Crippen LogP contribution in [0, 0.1) is 29.6 Å². The van der Waals surface area contributed by atoms with Crippen LogP contribution in [-0.2, 0) is 23.9 Å². The van der Waals surface area contributed by atoms with Crippen molar-refractivity contribution in [1.29, 1.82) is 0 Å². The zero-order valence-electron chi connectivity index (χ0n) is 25.9. The van der Waals surface area contributed by atoms with Gasteiger partial charge in [-0.1, -0.05) is 52.0 Å². The normalized spacial score (nSPS) is 35.5. The molecular weight excluding hydrogens is 520 g/mol. The minimum Gasteiger partial charge on any atom is -0.463 e. The molecule has 5 N–H and O–H groups in total. The van der Waals surface area contributed by atoms with Gasteiger partial charge in [-0.25, -0.2) is 4.79 Å². The Balaban J connectivity index is 1.59. The number of esters is 1. The lowest BCUT2D eigenvalue weighted by Gasteiger charge is -2.42. The highest BCUT2D eigenvalue weighted by molar-refractivity contribution is 6.23. The van der Waals surface area contributed by atoms with Gasteiger partial charge in [-0.15, -0.1) is 0 Å². The molecule has 5 unspecified atom stereocenters. The van der Waals surface area contributed by atoms with Crippen molar-refractivity contribution in [3.8, 4) is 0 Å². The van der Waals surface area contributed by atoms with Crippen LogP contribution in [0.3, 0.4) is 0 Å². The quantitative estimate of drug-likeness (QED) is 0.0947. The number of carbonyl (C=O) groups is 3. The highest BCUT2D eigenvalue weighted by Crippen LogP contribution is 2.63. The molecule has 0 aromatic rings. The van der Waals surface area contributed by atoms with Gasteiger partial charge in [0, 0.05) is 24.7 Å². The topological polar surface area (TPSA) is 136 Å². The molecule has 4 rings (SSSR count). The Labute approximate surface area is 246 Å². The third-order valence-electron chi connectivity index (χ3n) is 10.4. The molecule has 4 aliphatic rings. The van der Waals surface area contributed by atoms with Crippen molar-refractivity contribution in [2.75, 3.05) is 19.8 Å². The maximum Gasteiger partial charge on any atom is 0.349 e. The fraction of sp³-hybridized carbons (Fsp3) is 0.848. The average Bonchev–Trinajstić information content (AvgIpc) is 3.64. The van der Waals surface area contributed by atoms with Crippen molar-refractivity contribution in [2.45, 2.75) is 129 Å². The Hall–Kier alpha value is -1.61. The molecular formula is C33H55N2O6+. The lowest BCUT2D eigenvalue weighted by Crippen LogP contribution is -2.94. The molecule has 8 heteroatoms. The summed E-state index contributed by atoms with van der Waals surface area (Å²) >= 11 is 0. The zero-order valence-corrected chi connectivity index (χ0v) is 25.9. The largest absolute Gasteiger partial charge is 0.463 e. The van der Waals surface area contributed by atoms with Crippen molar-refractivity contribution in [1.82, 2.24) is 0 Å². The van der Waals surface area contributed by atoms with Gasteiger partial charge in [-0.2, -0.15) is 0 Å². The summed E-state index contributed by atoms with van der Waals surface area (Å²) in [6.45, 7) is 9.39. The van der Waals surface area contributed by atoms with Crippen LogP contribution in [0.2, 0.25) is 0 Å². The molecule has 2 aliphatic carbocycles. The Morgan fingerprint density at radius 1 is 1.17 bits per heavy atom. The second-order valence-electron chi connectivity index (χ2n) is 13.8. The SMILES string of the molecule is CCCCCCOC(=O)[C@]12O[C@@]1(CC(CO)=C(C)CCC1CC[NH2+]C(N)C1)C(=O)C1CCCC(CC(C)C)C1C2=O. The average molecular weight is 576 g/mol. The first-order chi connectivity index (χ1) is 19.6. The molecule has 0 spiro atoms. The fourth-order valence-corrected chi connectivity index (χ4v) is 8.09. The smallest absolute Gasteiger partial charge is 0.349 e. The number of epoxide rings is 1. The second kappa shape index (κ2) is 13.8. The predicted molar refractivity (Wildman–Crippen MR) is 157 cm³/mol. The Bertz CT molecular complexity index is 994. The summed E-state index contributed by atoms with van der Waals surface area (Å²) in [5.74, 6) is -1.05. The maximum atomic E-state index is 14.4. The molecule has 0 radical (unpaired) electrons. The van der Waals surface area contributed by atoms with Gasteiger partial charge < -0.3 is 19.9 Å². The van der Waals surface area contributed by atoms with E-state index in [-0.39, 0.29) is 43.3 Å². The maximum absolute atomic E-state index is 14.4. The van der Waals surface area contributed by atoms with E-state index in [9.17, 15) is 19.5 Å². The number of unbranched alkanes of at least 4 members (excludes halogenated alkanes) is 3. The number of rotatable bonds is 14. The van der Waals surface area contributed by atoms with Crippen LogP contribution in [0.15, 0.2) is 11.1 Å². The van der Waals surface area contributed by atoms with E-state index >= 15 is 0 Å². The summed E-state index contributed by atoms with van der Waals surface area (Å²) in [6, 6.07) is 0. The molecule has 0 amide bonds. The van der Waals surface area contributed by atoms with Gasteiger partial charge in [0.1, 0.15) is 6.17 Å². The van der Waals surface area contributed by atoms with Gasteiger partial charge in [0.15, 0.2) is 17.2 Å². The Morgan fingerprint density at radius 3 is 2.63 bits per heavy atom. The number of aliphatic hydroxyl groups excluding tert-OH is 1. The first kappa shape index (κ1) is 32.3. The number of quaternary nitrogens is 1. The zero-order chi connectivity index (χ0) is 29.8. The summed E-state index contributed by atoms with van der Waals surface area (Å²) < 4.78 is 11.9. The van der Waals surface area contributed by atoms with E-state index in [1.807, 2.05) is 6.92 Å². The minimum absolute atomic E-state index is 0.0651. The van der Waals surface area contributed by atoms with Crippen molar-refractivity contribution in [3.63, 3.8) is 0 Å². The van der Waals surface area contributed by atoms with Gasteiger partial charge in [0.2, 0.25) is 0 Å². The summed E-state index contributed by atoms with van der Waals surface area (Å²) in [4.78, 5) is 42.5. The van der Waals surface area contributed by atoms with Crippen LogP contribution in [0.4, 0.5) is 0 Å². The van der Waals surface area contributed by atoms with Crippen molar-refractivity contribution in [3.05, 3.63) is 11.1 Å². The van der Waals surface area contributed by atoms with E-state index in [2.05, 4.69) is 26.1 Å². The van der Waals surface area contributed by atoms with E-state index in [0.717, 1.165) is 82.7 Å². The molecule has 2 aliphatic heterocycles. The number of nitrogens with two attached hydrogens (primary N) is 2. The van der Waals surface area contributed by atoms with Crippen LogP contribution in [0.5, 0.6) is 0 Å². The lowest BCUT2D eigenvalue weighted by atomic mass is 9.56. The molecule has 2 heterocycles. The van der Waals surface area contributed by atoms with Crippen LogP contribution in [0.1, 0.15) is 111 Å². The first-order valence-corrected chi connectivity index (χ1v) is 16.4. The molecule has 4 fully saturated rings. The summed E-state index contributed by atoms with van der Waals surface area (Å²) in [7, 11) is 0. The number of hydrogen-bond acceptors (Lipinski definition) is 7. The van der Waals surface area contributed by atoms with Crippen LogP contribution < -0.4 is 11.1 Å². The van der Waals surface area contributed by atoms with Gasteiger partial charge in [-0.05, 0) is 75.2 Å². The lowest BCUT2D eigenvalue weighted by molar-refractivity contribution is -0.699. The summed E-state index contributed by atoms with van der Waals surface area (Å²) in [5.41, 5.74) is 4.41. The molecule has 0 bridgehead atoms. The molecule has 41 heavy (non-hydrogen) atoms. The van der Waals surface area contributed by atoms with E-state index < -0.39 is 29.0 Å². The molecule has 232 valence electrons. The van der Waals surface area contributed by atoms with E-state index in [0.29, 0.717) is 23.8 Å².